The average molecular weight is 291 g/mol. The lowest BCUT2D eigenvalue weighted by Crippen LogP contribution is -2.32. The van der Waals surface area contributed by atoms with Gasteiger partial charge >= 0.3 is 0 Å². The van der Waals surface area contributed by atoms with Crippen LogP contribution in [0.5, 0.6) is 5.75 Å². The van der Waals surface area contributed by atoms with Gasteiger partial charge in [-0.15, -0.1) is 0 Å². The van der Waals surface area contributed by atoms with E-state index in [1.807, 2.05) is 12.1 Å². The van der Waals surface area contributed by atoms with Gasteiger partial charge in [-0.1, -0.05) is 20.3 Å². The van der Waals surface area contributed by atoms with Gasteiger partial charge < -0.3 is 15.2 Å². The molecule has 0 bridgehead atoms. The van der Waals surface area contributed by atoms with Crippen molar-refractivity contribution in [2.75, 3.05) is 13.2 Å². The molecule has 21 heavy (non-hydrogen) atoms. The second kappa shape index (κ2) is 7.46. The number of nitrogens with one attached hydrogen (secondary N) is 1. The minimum absolute atomic E-state index is 0.0930. The molecule has 0 spiro atoms. The minimum atomic E-state index is -0.267. The maximum Gasteiger partial charge on any atom is 0.251 e. The van der Waals surface area contributed by atoms with Gasteiger partial charge in [0.05, 0.1) is 12.7 Å². The highest BCUT2D eigenvalue weighted by Crippen LogP contribution is 2.24. The van der Waals surface area contributed by atoms with E-state index in [1.54, 1.807) is 12.1 Å². The summed E-state index contributed by atoms with van der Waals surface area (Å²) in [6, 6.07) is 7.19. The third-order valence-corrected chi connectivity index (χ3v) is 3.84. The van der Waals surface area contributed by atoms with Crippen LogP contribution in [0.4, 0.5) is 0 Å². The van der Waals surface area contributed by atoms with Crippen molar-refractivity contribution < 1.29 is 14.6 Å². The molecule has 4 heteroatoms. The van der Waals surface area contributed by atoms with Crippen LogP contribution in [0.1, 0.15) is 43.5 Å². The van der Waals surface area contributed by atoms with Crippen LogP contribution in [0, 0.1) is 11.8 Å². The van der Waals surface area contributed by atoms with E-state index in [-0.39, 0.29) is 17.9 Å². The Hall–Kier alpha value is -1.55. The van der Waals surface area contributed by atoms with E-state index in [0.717, 1.165) is 25.0 Å². The lowest BCUT2D eigenvalue weighted by Gasteiger charge is -2.15. The molecule has 0 aromatic heterocycles. The van der Waals surface area contributed by atoms with Crippen molar-refractivity contribution in [3.8, 4) is 5.75 Å². The maximum atomic E-state index is 12.1. The van der Waals surface area contributed by atoms with Gasteiger partial charge in [0.2, 0.25) is 0 Å². The summed E-state index contributed by atoms with van der Waals surface area (Å²) in [5.41, 5.74) is 0.624. The summed E-state index contributed by atoms with van der Waals surface area (Å²) in [4.78, 5) is 12.1. The van der Waals surface area contributed by atoms with Crippen molar-refractivity contribution in [2.45, 2.75) is 39.2 Å². The normalized spacial score (nSPS) is 21.5. The van der Waals surface area contributed by atoms with E-state index in [0.29, 0.717) is 24.6 Å². The van der Waals surface area contributed by atoms with Gasteiger partial charge in [0, 0.05) is 18.0 Å². The number of rotatable bonds is 6. The quantitative estimate of drug-likeness (QED) is 0.847. The summed E-state index contributed by atoms with van der Waals surface area (Å²) >= 11 is 0. The standard InChI is InChI=1S/C17H25NO3/c1-12(2)11-21-15-8-6-13(7-9-15)17(20)18-10-14-4-3-5-16(14)19/h6-9,12,14,16,19H,3-5,10-11H2,1-2H3,(H,18,20). The summed E-state index contributed by atoms with van der Waals surface area (Å²) in [6.07, 6.45) is 2.62. The predicted octanol–water partition coefficient (Wildman–Crippen LogP) is 2.61. The number of benzene rings is 1. The SMILES string of the molecule is CC(C)COc1ccc(C(=O)NCC2CCCC2O)cc1. The molecule has 116 valence electrons. The number of hydrogen-bond donors (Lipinski definition) is 2. The number of amides is 1. The van der Waals surface area contributed by atoms with Gasteiger partial charge in [-0.25, -0.2) is 0 Å². The van der Waals surface area contributed by atoms with Gasteiger partial charge in [-0.3, -0.25) is 4.79 Å². The molecule has 2 N–H and O–H groups in total. The molecule has 0 saturated heterocycles. The average Bonchev–Trinajstić information content (AvgIpc) is 2.88. The molecule has 1 fully saturated rings. The van der Waals surface area contributed by atoms with Crippen LogP contribution in [-0.4, -0.2) is 30.3 Å². The number of hydrogen-bond acceptors (Lipinski definition) is 3. The molecule has 1 amide bonds. The largest absolute Gasteiger partial charge is 0.493 e. The lowest BCUT2D eigenvalue weighted by atomic mass is 10.1. The Kier molecular flexibility index (Phi) is 5.62. The zero-order valence-electron chi connectivity index (χ0n) is 12.8. The second-order valence-electron chi connectivity index (χ2n) is 6.20. The molecular weight excluding hydrogens is 266 g/mol. The number of aliphatic hydroxyl groups is 1. The van der Waals surface area contributed by atoms with E-state index in [2.05, 4.69) is 19.2 Å². The fourth-order valence-electron chi connectivity index (χ4n) is 2.55. The number of carbonyl (C=O) groups excluding carboxylic acids is 1. The zero-order chi connectivity index (χ0) is 15.2. The van der Waals surface area contributed by atoms with E-state index in [4.69, 9.17) is 4.74 Å². The van der Waals surface area contributed by atoms with Crippen LogP contribution in [0.15, 0.2) is 24.3 Å². The first-order chi connectivity index (χ1) is 10.1. The lowest BCUT2D eigenvalue weighted by molar-refractivity contribution is 0.0916. The molecule has 0 radical (unpaired) electrons. The highest BCUT2D eigenvalue weighted by Gasteiger charge is 2.25. The highest BCUT2D eigenvalue weighted by atomic mass is 16.5. The van der Waals surface area contributed by atoms with Crippen molar-refractivity contribution in [1.82, 2.24) is 5.32 Å². The Morgan fingerprint density at radius 1 is 1.33 bits per heavy atom. The molecule has 1 aliphatic rings. The van der Waals surface area contributed by atoms with Gasteiger partial charge in [0.25, 0.3) is 5.91 Å². The van der Waals surface area contributed by atoms with Crippen molar-refractivity contribution in [1.29, 1.82) is 0 Å². The molecular formula is C17H25NO3. The van der Waals surface area contributed by atoms with Gasteiger partial charge in [-0.05, 0) is 43.0 Å². The summed E-state index contributed by atoms with van der Waals surface area (Å²) < 4.78 is 5.59. The summed E-state index contributed by atoms with van der Waals surface area (Å²) in [7, 11) is 0. The van der Waals surface area contributed by atoms with Gasteiger partial charge in [0.15, 0.2) is 0 Å². The predicted molar refractivity (Wildman–Crippen MR) is 82.5 cm³/mol. The Morgan fingerprint density at radius 3 is 2.62 bits per heavy atom. The number of aliphatic hydroxyl groups excluding tert-OH is 1. The molecule has 0 heterocycles. The van der Waals surface area contributed by atoms with Gasteiger partial charge in [0.1, 0.15) is 5.75 Å². The maximum absolute atomic E-state index is 12.1. The Bertz CT molecular complexity index is 456. The van der Waals surface area contributed by atoms with Crippen LogP contribution in [0.25, 0.3) is 0 Å². The second-order valence-corrected chi connectivity index (χ2v) is 6.20. The van der Waals surface area contributed by atoms with Crippen molar-refractivity contribution in [3.63, 3.8) is 0 Å². The molecule has 1 aromatic rings. The fraction of sp³-hybridized carbons (Fsp3) is 0.588. The summed E-state index contributed by atoms with van der Waals surface area (Å²) in [6.45, 7) is 5.41. The Labute approximate surface area is 126 Å². The van der Waals surface area contributed by atoms with Crippen molar-refractivity contribution in [3.05, 3.63) is 29.8 Å². The Morgan fingerprint density at radius 2 is 2.05 bits per heavy atom. The summed E-state index contributed by atoms with van der Waals surface area (Å²) in [5.74, 6) is 1.37. The highest BCUT2D eigenvalue weighted by molar-refractivity contribution is 5.94. The van der Waals surface area contributed by atoms with Crippen LogP contribution in [-0.2, 0) is 0 Å². The van der Waals surface area contributed by atoms with Crippen LogP contribution >= 0.6 is 0 Å². The van der Waals surface area contributed by atoms with Crippen molar-refractivity contribution >= 4 is 5.91 Å². The first-order valence-corrected chi connectivity index (χ1v) is 7.75. The van der Waals surface area contributed by atoms with E-state index in [1.165, 1.54) is 0 Å². The smallest absolute Gasteiger partial charge is 0.251 e. The van der Waals surface area contributed by atoms with E-state index in [9.17, 15) is 9.90 Å². The Balaban J connectivity index is 1.82. The minimum Gasteiger partial charge on any atom is -0.493 e. The van der Waals surface area contributed by atoms with E-state index >= 15 is 0 Å². The first kappa shape index (κ1) is 15.8. The fourth-order valence-corrected chi connectivity index (χ4v) is 2.55. The molecule has 1 aliphatic carbocycles. The van der Waals surface area contributed by atoms with Gasteiger partial charge in [-0.2, -0.15) is 0 Å². The molecule has 2 rings (SSSR count). The van der Waals surface area contributed by atoms with Crippen LogP contribution in [0.2, 0.25) is 0 Å². The molecule has 2 atom stereocenters. The monoisotopic (exact) mass is 291 g/mol. The topological polar surface area (TPSA) is 58.6 Å². The van der Waals surface area contributed by atoms with E-state index < -0.39 is 0 Å². The first-order valence-electron chi connectivity index (χ1n) is 7.75. The molecule has 1 aromatic carbocycles. The molecule has 4 nitrogen and oxygen atoms in total. The van der Waals surface area contributed by atoms with Crippen molar-refractivity contribution in [2.24, 2.45) is 11.8 Å². The zero-order valence-corrected chi connectivity index (χ0v) is 12.8. The van der Waals surface area contributed by atoms with Crippen LogP contribution < -0.4 is 10.1 Å². The number of ether oxygens (including phenoxy) is 1. The molecule has 1 saturated carbocycles. The van der Waals surface area contributed by atoms with Crippen LogP contribution in [0.3, 0.4) is 0 Å². The third kappa shape index (κ3) is 4.74. The third-order valence-electron chi connectivity index (χ3n) is 3.84. The molecule has 2 unspecified atom stereocenters. The number of carbonyl (C=O) groups is 1. The molecule has 0 aliphatic heterocycles. The summed E-state index contributed by atoms with van der Waals surface area (Å²) in [5, 5.41) is 12.6.